The SMILES string of the molecule is COc1ccc(Cl)cc1N1C(=O)C[C@H]([NH+]2C[C@@H](C)O[C@@H](C)C2)C1=O. The summed E-state index contributed by atoms with van der Waals surface area (Å²) in [6, 6.07) is 4.55. The topological polar surface area (TPSA) is 60.3 Å². The number of hydrogen-bond acceptors (Lipinski definition) is 4. The third-order valence-corrected chi connectivity index (χ3v) is 4.82. The van der Waals surface area contributed by atoms with E-state index in [-0.39, 0.29) is 36.5 Å². The highest BCUT2D eigenvalue weighted by Crippen LogP contribution is 2.34. The van der Waals surface area contributed by atoms with E-state index in [1.807, 2.05) is 13.8 Å². The predicted molar refractivity (Wildman–Crippen MR) is 89.6 cm³/mol. The molecule has 2 heterocycles. The first-order chi connectivity index (χ1) is 11.4. The number of nitrogens with one attached hydrogen (secondary N) is 1. The fraction of sp³-hybridized carbons (Fsp3) is 0.529. The zero-order valence-electron chi connectivity index (χ0n) is 14.0. The minimum Gasteiger partial charge on any atom is -0.495 e. The van der Waals surface area contributed by atoms with E-state index in [1.54, 1.807) is 18.2 Å². The fourth-order valence-electron chi connectivity index (χ4n) is 3.64. The van der Waals surface area contributed by atoms with Crippen LogP contribution in [0.15, 0.2) is 18.2 Å². The Bertz CT molecular complexity index is 656. The fourth-order valence-corrected chi connectivity index (χ4v) is 3.81. The van der Waals surface area contributed by atoms with Crippen LogP contribution in [0.3, 0.4) is 0 Å². The number of amides is 2. The van der Waals surface area contributed by atoms with Crippen molar-refractivity contribution in [1.29, 1.82) is 0 Å². The van der Waals surface area contributed by atoms with Gasteiger partial charge in [-0.25, -0.2) is 4.90 Å². The second-order valence-corrected chi connectivity index (χ2v) is 6.90. The molecule has 1 aromatic carbocycles. The third kappa shape index (κ3) is 3.14. The molecule has 7 heteroatoms. The summed E-state index contributed by atoms with van der Waals surface area (Å²) < 4.78 is 11.0. The van der Waals surface area contributed by atoms with Gasteiger partial charge < -0.3 is 14.4 Å². The van der Waals surface area contributed by atoms with Crippen LogP contribution >= 0.6 is 11.6 Å². The van der Waals surface area contributed by atoms with Gasteiger partial charge in [-0.15, -0.1) is 0 Å². The van der Waals surface area contributed by atoms with Crippen molar-refractivity contribution in [3.05, 3.63) is 23.2 Å². The number of carbonyl (C=O) groups excluding carboxylic acids is 2. The first-order valence-corrected chi connectivity index (χ1v) is 8.49. The minimum absolute atomic E-state index is 0.0707. The summed E-state index contributed by atoms with van der Waals surface area (Å²) in [7, 11) is 1.51. The number of rotatable bonds is 3. The van der Waals surface area contributed by atoms with Gasteiger partial charge in [-0.3, -0.25) is 9.59 Å². The summed E-state index contributed by atoms with van der Waals surface area (Å²) in [6.07, 6.45) is 0.339. The third-order valence-electron chi connectivity index (χ3n) is 4.59. The normalized spacial score (nSPS) is 30.8. The number of halogens is 1. The van der Waals surface area contributed by atoms with Gasteiger partial charge in [-0.1, -0.05) is 11.6 Å². The molecule has 0 aliphatic carbocycles. The molecule has 0 aromatic heterocycles. The Balaban J connectivity index is 1.88. The van der Waals surface area contributed by atoms with Gasteiger partial charge in [-0.05, 0) is 32.0 Å². The summed E-state index contributed by atoms with van der Waals surface area (Å²) in [6.45, 7) is 5.42. The number of anilines is 1. The number of quaternary nitrogens is 1. The number of hydrogen-bond donors (Lipinski definition) is 1. The van der Waals surface area contributed by atoms with E-state index in [0.717, 1.165) is 4.90 Å². The van der Waals surface area contributed by atoms with Crippen molar-refractivity contribution in [2.75, 3.05) is 25.1 Å². The lowest BCUT2D eigenvalue weighted by Gasteiger charge is -2.34. The molecule has 2 amide bonds. The van der Waals surface area contributed by atoms with E-state index in [2.05, 4.69) is 0 Å². The standard InChI is InChI=1S/C17H21ClN2O4/c1-10-8-19(9-11(2)24-10)14-7-16(21)20(17(14)22)13-6-12(18)4-5-15(13)23-3/h4-6,10-11,14H,7-9H2,1-3H3/p+1/t10-,11+,14-/m0/s1. The number of benzene rings is 1. The van der Waals surface area contributed by atoms with Crippen molar-refractivity contribution in [2.24, 2.45) is 0 Å². The average Bonchev–Trinajstić information content (AvgIpc) is 2.81. The van der Waals surface area contributed by atoms with Crippen molar-refractivity contribution < 1.29 is 24.0 Å². The maximum atomic E-state index is 13.0. The molecule has 1 unspecified atom stereocenters. The van der Waals surface area contributed by atoms with Crippen molar-refractivity contribution in [1.82, 2.24) is 0 Å². The zero-order valence-corrected chi connectivity index (χ0v) is 14.8. The number of methoxy groups -OCH3 is 1. The van der Waals surface area contributed by atoms with E-state index in [1.165, 1.54) is 12.0 Å². The van der Waals surface area contributed by atoms with Crippen LogP contribution in [0.25, 0.3) is 0 Å². The second-order valence-electron chi connectivity index (χ2n) is 6.46. The average molecular weight is 354 g/mol. The van der Waals surface area contributed by atoms with Crippen LogP contribution in [0.4, 0.5) is 5.69 Å². The molecular weight excluding hydrogens is 332 g/mol. The minimum atomic E-state index is -0.380. The number of carbonyl (C=O) groups is 2. The van der Waals surface area contributed by atoms with Crippen LogP contribution in [-0.4, -0.2) is 50.3 Å². The van der Waals surface area contributed by atoms with Gasteiger partial charge in [0.05, 0.1) is 19.2 Å². The molecule has 1 N–H and O–H groups in total. The van der Waals surface area contributed by atoms with Gasteiger partial charge in [0.25, 0.3) is 5.91 Å². The summed E-state index contributed by atoms with van der Waals surface area (Å²) in [5, 5.41) is 0.454. The first-order valence-electron chi connectivity index (χ1n) is 8.11. The van der Waals surface area contributed by atoms with Crippen LogP contribution in [0.5, 0.6) is 5.75 Å². The Morgan fingerprint density at radius 3 is 2.54 bits per heavy atom. The molecule has 2 saturated heterocycles. The molecule has 2 aliphatic rings. The molecule has 0 bridgehead atoms. The van der Waals surface area contributed by atoms with E-state index in [4.69, 9.17) is 21.1 Å². The van der Waals surface area contributed by atoms with Crippen molar-refractivity contribution in [2.45, 2.75) is 38.5 Å². The highest BCUT2D eigenvalue weighted by molar-refractivity contribution is 6.31. The molecule has 6 nitrogen and oxygen atoms in total. The Kier molecular flexibility index (Phi) is 4.80. The molecule has 1 aromatic rings. The lowest BCUT2D eigenvalue weighted by atomic mass is 10.1. The Labute approximate surface area is 146 Å². The molecular formula is C17H22ClN2O4+. The van der Waals surface area contributed by atoms with E-state index in [0.29, 0.717) is 29.5 Å². The molecule has 3 rings (SSSR count). The predicted octanol–water partition coefficient (Wildman–Crippen LogP) is 0.673. The van der Waals surface area contributed by atoms with Crippen molar-refractivity contribution >= 4 is 29.1 Å². The molecule has 2 aliphatic heterocycles. The number of nitrogens with zero attached hydrogens (tertiary/aromatic N) is 1. The summed E-state index contributed by atoms with van der Waals surface area (Å²) >= 11 is 6.04. The largest absolute Gasteiger partial charge is 0.495 e. The Hall–Kier alpha value is -1.63. The quantitative estimate of drug-likeness (QED) is 0.812. The number of ether oxygens (including phenoxy) is 2. The van der Waals surface area contributed by atoms with Crippen LogP contribution < -0.4 is 14.5 Å². The summed E-state index contributed by atoms with van der Waals surface area (Å²) in [5.74, 6) is 0.0437. The monoisotopic (exact) mass is 353 g/mol. The smallest absolute Gasteiger partial charge is 0.292 e. The lowest BCUT2D eigenvalue weighted by Crippen LogP contribution is -3.19. The van der Waals surface area contributed by atoms with Crippen LogP contribution in [0, 0.1) is 0 Å². The van der Waals surface area contributed by atoms with Gasteiger partial charge in [0.2, 0.25) is 5.91 Å². The Morgan fingerprint density at radius 2 is 1.92 bits per heavy atom. The molecule has 0 radical (unpaired) electrons. The van der Waals surface area contributed by atoms with Crippen LogP contribution in [0.1, 0.15) is 20.3 Å². The van der Waals surface area contributed by atoms with Crippen LogP contribution in [-0.2, 0) is 14.3 Å². The van der Waals surface area contributed by atoms with E-state index >= 15 is 0 Å². The molecule has 0 spiro atoms. The molecule has 4 atom stereocenters. The van der Waals surface area contributed by atoms with E-state index in [9.17, 15) is 9.59 Å². The number of morpholine rings is 1. The molecule has 0 saturated carbocycles. The zero-order chi connectivity index (χ0) is 17.4. The summed E-state index contributed by atoms with van der Waals surface area (Å²) in [5.41, 5.74) is 0.413. The first kappa shape index (κ1) is 17.2. The summed E-state index contributed by atoms with van der Waals surface area (Å²) in [4.78, 5) is 27.8. The van der Waals surface area contributed by atoms with Crippen LogP contribution in [0.2, 0.25) is 5.02 Å². The van der Waals surface area contributed by atoms with Crippen molar-refractivity contribution in [3.63, 3.8) is 0 Å². The van der Waals surface area contributed by atoms with E-state index < -0.39 is 0 Å². The van der Waals surface area contributed by atoms with Gasteiger partial charge >= 0.3 is 0 Å². The highest BCUT2D eigenvalue weighted by atomic mass is 35.5. The van der Waals surface area contributed by atoms with Crippen molar-refractivity contribution in [3.8, 4) is 5.75 Å². The lowest BCUT2D eigenvalue weighted by molar-refractivity contribution is -0.929. The molecule has 24 heavy (non-hydrogen) atoms. The maximum absolute atomic E-state index is 13.0. The highest BCUT2D eigenvalue weighted by Gasteiger charge is 2.48. The molecule has 2 fully saturated rings. The second kappa shape index (κ2) is 6.70. The van der Waals surface area contributed by atoms with Gasteiger partial charge in [0, 0.05) is 5.02 Å². The Morgan fingerprint density at radius 1 is 1.25 bits per heavy atom. The molecule has 130 valence electrons. The van der Waals surface area contributed by atoms with Gasteiger partial charge in [0.1, 0.15) is 31.0 Å². The van der Waals surface area contributed by atoms with Gasteiger partial charge in [0.15, 0.2) is 6.04 Å². The maximum Gasteiger partial charge on any atom is 0.292 e. The van der Waals surface area contributed by atoms with Gasteiger partial charge in [-0.2, -0.15) is 0 Å². The number of imide groups is 1.